The summed E-state index contributed by atoms with van der Waals surface area (Å²) in [6, 6.07) is 2.79. The van der Waals surface area contributed by atoms with Gasteiger partial charge in [-0.2, -0.15) is 4.68 Å². The Labute approximate surface area is 145 Å². The lowest BCUT2D eigenvalue weighted by Gasteiger charge is -2.15. The molecule has 2 aromatic rings. The van der Waals surface area contributed by atoms with Gasteiger partial charge in [0.05, 0.1) is 28.9 Å². The van der Waals surface area contributed by atoms with Crippen LogP contribution in [0.1, 0.15) is 18.7 Å². The molecule has 1 aromatic carbocycles. The van der Waals surface area contributed by atoms with E-state index in [9.17, 15) is 13.6 Å². The van der Waals surface area contributed by atoms with Gasteiger partial charge >= 0.3 is 5.69 Å². The van der Waals surface area contributed by atoms with Crippen LogP contribution >= 0.6 is 23.2 Å². The van der Waals surface area contributed by atoms with Crippen molar-refractivity contribution in [2.24, 2.45) is 7.05 Å². The maximum atomic E-state index is 12.9. The Balaban J connectivity index is 2.04. The second-order valence-corrected chi connectivity index (χ2v) is 6.06. The van der Waals surface area contributed by atoms with Gasteiger partial charge in [0.2, 0.25) is 5.82 Å². The summed E-state index contributed by atoms with van der Waals surface area (Å²) in [6.07, 6.45) is -2.36. The average molecular weight is 380 g/mol. The maximum absolute atomic E-state index is 12.9. The monoisotopic (exact) mass is 379 g/mol. The van der Waals surface area contributed by atoms with E-state index >= 15 is 0 Å². The third kappa shape index (κ3) is 3.13. The van der Waals surface area contributed by atoms with Crippen LogP contribution in [0.15, 0.2) is 16.9 Å². The molecule has 6 nitrogen and oxygen atoms in total. The minimum Gasteiger partial charge on any atom is -0.486 e. The molecule has 1 aliphatic heterocycles. The van der Waals surface area contributed by atoms with Crippen LogP contribution in [0.4, 0.5) is 8.78 Å². The number of alkyl halides is 2. The molecule has 10 heteroatoms. The van der Waals surface area contributed by atoms with Gasteiger partial charge in [-0.15, -0.1) is 5.10 Å². The zero-order chi connectivity index (χ0) is 17.4. The molecule has 1 fully saturated rings. The van der Waals surface area contributed by atoms with Crippen LogP contribution in [-0.2, 0) is 11.8 Å². The van der Waals surface area contributed by atoms with Crippen LogP contribution in [0.5, 0.6) is 5.75 Å². The van der Waals surface area contributed by atoms with E-state index in [0.29, 0.717) is 19.6 Å². The lowest BCUT2D eigenvalue weighted by Crippen LogP contribution is -2.22. The van der Waals surface area contributed by atoms with E-state index in [1.165, 1.54) is 19.2 Å². The second kappa shape index (κ2) is 6.70. The molecule has 0 spiro atoms. The van der Waals surface area contributed by atoms with Crippen molar-refractivity contribution in [1.29, 1.82) is 0 Å². The molecule has 0 aliphatic carbocycles. The molecule has 1 unspecified atom stereocenters. The molecule has 1 saturated heterocycles. The minimum atomic E-state index is -2.89. The summed E-state index contributed by atoms with van der Waals surface area (Å²) in [5.74, 6) is -0.375. The quantitative estimate of drug-likeness (QED) is 0.819. The van der Waals surface area contributed by atoms with E-state index in [4.69, 9.17) is 32.7 Å². The van der Waals surface area contributed by atoms with Crippen molar-refractivity contribution in [1.82, 2.24) is 14.3 Å². The van der Waals surface area contributed by atoms with Gasteiger partial charge in [0, 0.05) is 19.5 Å². The number of halogens is 4. The van der Waals surface area contributed by atoms with E-state index in [1.54, 1.807) is 0 Å². The van der Waals surface area contributed by atoms with Crippen LogP contribution in [-0.4, -0.2) is 33.7 Å². The van der Waals surface area contributed by atoms with Crippen LogP contribution in [0.3, 0.4) is 0 Å². The number of hydrogen-bond acceptors (Lipinski definition) is 4. The first-order chi connectivity index (χ1) is 11.4. The van der Waals surface area contributed by atoms with E-state index in [2.05, 4.69) is 5.10 Å². The molecular weight excluding hydrogens is 367 g/mol. The summed E-state index contributed by atoms with van der Waals surface area (Å²) in [4.78, 5) is 12.2. The normalized spacial score (nSPS) is 17.7. The van der Waals surface area contributed by atoms with Gasteiger partial charge in [0.1, 0.15) is 11.9 Å². The molecule has 2 heterocycles. The van der Waals surface area contributed by atoms with E-state index in [-0.39, 0.29) is 27.6 Å². The number of ether oxygens (including phenoxy) is 2. The Bertz CT molecular complexity index is 816. The Morgan fingerprint density at radius 1 is 1.38 bits per heavy atom. The molecule has 0 radical (unpaired) electrons. The third-order valence-corrected chi connectivity index (χ3v) is 4.22. The summed E-state index contributed by atoms with van der Waals surface area (Å²) >= 11 is 12.2. The first-order valence-corrected chi connectivity index (χ1v) is 7.82. The van der Waals surface area contributed by atoms with Gasteiger partial charge in [-0.25, -0.2) is 13.6 Å². The summed E-state index contributed by atoms with van der Waals surface area (Å²) in [6.45, 7) is 1.01. The molecule has 3 rings (SSSR count). The number of nitrogens with zero attached hydrogens (tertiary/aromatic N) is 3. The summed E-state index contributed by atoms with van der Waals surface area (Å²) in [7, 11) is 1.21. The van der Waals surface area contributed by atoms with Gasteiger partial charge in [-0.05, 0) is 6.07 Å². The van der Waals surface area contributed by atoms with Gasteiger partial charge < -0.3 is 9.47 Å². The van der Waals surface area contributed by atoms with Gasteiger partial charge in [0.25, 0.3) is 6.43 Å². The molecule has 1 aliphatic rings. The van der Waals surface area contributed by atoms with E-state index < -0.39 is 17.9 Å². The van der Waals surface area contributed by atoms with Gasteiger partial charge in [-0.3, -0.25) is 4.57 Å². The van der Waals surface area contributed by atoms with Gasteiger partial charge in [0.15, 0.2) is 0 Å². The number of benzene rings is 1. The highest BCUT2D eigenvalue weighted by molar-refractivity contribution is 6.36. The van der Waals surface area contributed by atoms with Crippen molar-refractivity contribution >= 4 is 23.2 Å². The Hall–Kier alpha value is -1.64. The summed E-state index contributed by atoms with van der Waals surface area (Å²) < 4.78 is 38.4. The molecule has 24 heavy (non-hydrogen) atoms. The molecule has 0 N–H and O–H groups in total. The SMILES string of the molecule is Cn1c(C(F)F)nn(-c2cc(OC3CCOC3)c(Cl)cc2Cl)c1=O. The molecule has 0 amide bonds. The summed E-state index contributed by atoms with van der Waals surface area (Å²) in [5, 5.41) is 3.99. The number of rotatable bonds is 4. The zero-order valence-corrected chi connectivity index (χ0v) is 14.0. The smallest absolute Gasteiger partial charge is 0.350 e. The van der Waals surface area contributed by atoms with Gasteiger partial charge in [-0.1, -0.05) is 23.2 Å². The van der Waals surface area contributed by atoms with Crippen molar-refractivity contribution in [3.63, 3.8) is 0 Å². The van der Waals surface area contributed by atoms with Crippen molar-refractivity contribution < 1.29 is 18.3 Å². The topological polar surface area (TPSA) is 58.3 Å². The molecule has 0 saturated carbocycles. The lowest BCUT2D eigenvalue weighted by atomic mass is 10.2. The second-order valence-electron chi connectivity index (χ2n) is 5.25. The average Bonchev–Trinajstić information content (AvgIpc) is 3.12. The van der Waals surface area contributed by atoms with Crippen molar-refractivity contribution in [3.8, 4) is 11.4 Å². The third-order valence-electron chi connectivity index (χ3n) is 3.62. The molecule has 1 aromatic heterocycles. The minimum absolute atomic E-state index is 0.0936. The summed E-state index contributed by atoms with van der Waals surface area (Å²) in [5.41, 5.74) is -0.632. The molecule has 1 atom stereocenters. The van der Waals surface area contributed by atoms with Crippen molar-refractivity contribution in [2.75, 3.05) is 13.2 Å². The highest BCUT2D eigenvalue weighted by Gasteiger charge is 2.23. The molecule has 130 valence electrons. The largest absolute Gasteiger partial charge is 0.486 e. The van der Waals surface area contributed by atoms with Crippen molar-refractivity contribution in [3.05, 3.63) is 38.5 Å². The maximum Gasteiger partial charge on any atom is 0.350 e. The fourth-order valence-electron chi connectivity index (χ4n) is 2.36. The molecule has 0 bridgehead atoms. The Kier molecular flexibility index (Phi) is 4.80. The van der Waals surface area contributed by atoms with Crippen LogP contribution < -0.4 is 10.4 Å². The number of hydrogen-bond donors (Lipinski definition) is 0. The predicted molar refractivity (Wildman–Crippen MR) is 83.6 cm³/mol. The zero-order valence-electron chi connectivity index (χ0n) is 12.5. The predicted octanol–water partition coefficient (Wildman–Crippen LogP) is 2.98. The van der Waals surface area contributed by atoms with E-state index in [0.717, 1.165) is 9.25 Å². The Morgan fingerprint density at radius 3 is 2.71 bits per heavy atom. The van der Waals surface area contributed by atoms with Crippen LogP contribution in [0, 0.1) is 0 Å². The Morgan fingerprint density at radius 2 is 2.12 bits per heavy atom. The van der Waals surface area contributed by atoms with Crippen LogP contribution in [0.2, 0.25) is 10.0 Å². The van der Waals surface area contributed by atoms with Crippen molar-refractivity contribution in [2.45, 2.75) is 19.0 Å². The highest BCUT2D eigenvalue weighted by atomic mass is 35.5. The fourth-order valence-corrected chi connectivity index (χ4v) is 2.86. The van der Waals surface area contributed by atoms with Crippen LogP contribution in [0.25, 0.3) is 5.69 Å². The highest BCUT2D eigenvalue weighted by Crippen LogP contribution is 2.34. The standard InChI is InChI=1S/C14H13Cl2F2N3O3/c1-20-13(12(17)18)19-21(14(20)22)10-5-11(9(16)4-8(10)15)24-7-2-3-23-6-7/h4-5,7,12H,2-3,6H2,1H3. The lowest BCUT2D eigenvalue weighted by molar-refractivity contribution is 0.136. The first-order valence-electron chi connectivity index (χ1n) is 7.06. The van der Waals surface area contributed by atoms with E-state index in [1.807, 2.05) is 0 Å². The first kappa shape index (κ1) is 17.2. The number of aromatic nitrogens is 3. The molecular formula is C14H13Cl2F2N3O3. The fraction of sp³-hybridized carbons (Fsp3) is 0.429.